The molecule has 0 bridgehead atoms. The van der Waals surface area contributed by atoms with Crippen molar-refractivity contribution in [2.75, 3.05) is 0 Å². The number of allylic oxidation sites excluding steroid dienone is 4. The fourth-order valence-electron chi connectivity index (χ4n) is 0.568. The summed E-state index contributed by atoms with van der Waals surface area (Å²) in [7, 11) is 0. The average molecular weight is 168 g/mol. The van der Waals surface area contributed by atoms with E-state index in [-0.39, 0.29) is 5.54 Å². The summed E-state index contributed by atoms with van der Waals surface area (Å²) in [6.45, 7) is 10.4. The molecule has 2 N–H and O–H groups in total. The van der Waals surface area contributed by atoms with E-state index < -0.39 is 0 Å². The number of hydrogen-bond acceptors (Lipinski definition) is 2. The molecule has 0 atom stereocenters. The van der Waals surface area contributed by atoms with E-state index in [1.54, 1.807) is 0 Å². The van der Waals surface area contributed by atoms with Gasteiger partial charge < -0.3 is 5.43 Å². The number of nitrogens with one attached hydrogen (secondary N) is 2. The van der Waals surface area contributed by atoms with Crippen molar-refractivity contribution in [3.8, 4) is 0 Å². The molecule has 0 aliphatic heterocycles. The van der Waals surface area contributed by atoms with Crippen molar-refractivity contribution >= 4 is 0 Å². The molecule has 0 aromatic heterocycles. The van der Waals surface area contributed by atoms with Gasteiger partial charge in [-0.1, -0.05) is 12.2 Å². The number of hydrogen-bond donors (Lipinski definition) is 2. The highest BCUT2D eigenvalue weighted by Gasteiger charge is 2.06. The van der Waals surface area contributed by atoms with Crippen LogP contribution in [0.4, 0.5) is 0 Å². The number of rotatable bonds is 3. The predicted molar refractivity (Wildman–Crippen MR) is 54.6 cm³/mol. The Bertz CT molecular complexity index is 173. The van der Waals surface area contributed by atoms with Gasteiger partial charge in [-0.05, 0) is 40.7 Å². The van der Waals surface area contributed by atoms with Crippen molar-refractivity contribution < 1.29 is 0 Å². The largest absolute Gasteiger partial charge is 0.325 e. The molecule has 0 rings (SSSR count). The van der Waals surface area contributed by atoms with Gasteiger partial charge in [-0.15, -0.1) is 0 Å². The second-order valence-corrected chi connectivity index (χ2v) is 3.88. The summed E-state index contributed by atoms with van der Waals surface area (Å²) in [4.78, 5) is 0. The van der Waals surface area contributed by atoms with Crippen LogP contribution in [0.1, 0.15) is 34.6 Å². The molecule has 12 heavy (non-hydrogen) atoms. The smallest absolute Gasteiger partial charge is 0.0286 e. The Morgan fingerprint density at radius 1 is 1.25 bits per heavy atom. The van der Waals surface area contributed by atoms with E-state index in [1.807, 2.05) is 32.1 Å². The molecule has 0 aliphatic rings. The van der Waals surface area contributed by atoms with E-state index in [0.29, 0.717) is 0 Å². The van der Waals surface area contributed by atoms with Gasteiger partial charge in [0.2, 0.25) is 0 Å². The van der Waals surface area contributed by atoms with E-state index in [0.717, 1.165) is 5.70 Å². The Morgan fingerprint density at radius 2 is 1.83 bits per heavy atom. The fourth-order valence-corrected chi connectivity index (χ4v) is 0.568. The van der Waals surface area contributed by atoms with Crippen molar-refractivity contribution in [3.05, 3.63) is 23.9 Å². The topological polar surface area (TPSA) is 24.1 Å². The zero-order valence-electron chi connectivity index (χ0n) is 8.73. The van der Waals surface area contributed by atoms with Crippen LogP contribution in [0, 0.1) is 0 Å². The molecule has 70 valence electrons. The molecule has 0 saturated heterocycles. The van der Waals surface area contributed by atoms with Gasteiger partial charge >= 0.3 is 0 Å². The molecule has 0 radical (unpaired) electrons. The maximum Gasteiger partial charge on any atom is 0.0286 e. The zero-order valence-corrected chi connectivity index (χ0v) is 8.73. The molecule has 0 unspecified atom stereocenters. The quantitative estimate of drug-likeness (QED) is 0.499. The van der Waals surface area contributed by atoms with Crippen molar-refractivity contribution in [1.82, 2.24) is 10.9 Å². The molecular weight excluding hydrogens is 148 g/mol. The van der Waals surface area contributed by atoms with Crippen molar-refractivity contribution in [2.24, 2.45) is 0 Å². The van der Waals surface area contributed by atoms with Crippen LogP contribution in [0.15, 0.2) is 23.9 Å². The summed E-state index contributed by atoms with van der Waals surface area (Å²) in [6.07, 6.45) is 6.04. The minimum atomic E-state index is 0.102. The zero-order chi connectivity index (χ0) is 9.61. The standard InChI is InChI=1S/C10H20N2/c1-6-7-8-9(2)11-12-10(3,4)5/h6-8,11-12H,1-5H3/b7-6-,9-8+. The van der Waals surface area contributed by atoms with Gasteiger partial charge in [0.05, 0.1) is 0 Å². The van der Waals surface area contributed by atoms with Crippen LogP contribution < -0.4 is 10.9 Å². The van der Waals surface area contributed by atoms with Crippen molar-refractivity contribution in [2.45, 2.75) is 40.2 Å². The third-order valence-electron chi connectivity index (χ3n) is 1.17. The Hall–Kier alpha value is -0.760. The maximum atomic E-state index is 3.18. The Morgan fingerprint density at radius 3 is 2.25 bits per heavy atom. The van der Waals surface area contributed by atoms with Gasteiger partial charge in [0.25, 0.3) is 0 Å². The van der Waals surface area contributed by atoms with Gasteiger partial charge in [-0.25, -0.2) is 5.43 Å². The van der Waals surface area contributed by atoms with Crippen LogP contribution in [0.5, 0.6) is 0 Å². The van der Waals surface area contributed by atoms with Crippen LogP contribution in [-0.4, -0.2) is 5.54 Å². The van der Waals surface area contributed by atoms with Crippen LogP contribution in [-0.2, 0) is 0 Å². The third kappa shape index (κ3) is 7.35. The summed E-state index contributed by atoms with van der Waals surface area (Å²) in [5, 5.41) is 0. The van der Waals surface area contributed by atoms with Gasteiger partial charge in [-0.3, -0.25) is 0 Å². The van der Waals surface area contributed by atoms with Gasteiger partial charge in [-0.2, -0.15) is 0 Å². The first-order valence-corrected chi connectivity index (χ1v) is 4.28. The summed E-state index contributed by atoms with van der Waals surface area (Å²) in [6, 6.07) is 0. The predicted octanol–water partition coefficient (Wildman–Crippen LogP) is 2.36. The lowest BCUT2D eigenvalue weighted by Gasteiger charge is -2.21. The van der Waals surface area contributed by atoms with E-state index in [4.69, 9.17) is 0 Å². The highest BCUT2D eigenvalue weighted by molar-refractivity contribution is 5.07. The lowest BCUT2D eigenvalue weighted by molar-refractivity contribution is 0.383. The van der Waals surface area contributed by atoms with Gasteiger partial charge in [0.15, 0.2) is 0 Å². The first kappa shape index (κ1) is 11.2. The van der Waals surface area contributed by atoms with Crippen LogP contribution in [0.3, 0.4) is 0 Å². The lowest BCUT2D eigenvalue weighted by Crippen LogP contribution is -2.44. The van der Waals surface area contributed by atoms with Crippen LogP contribution >= 0.6 is 0 Å². The molecular formula is C10H20N2. The van der Waals surface area contributed by atoms with Crippen molar-refractivity contribution in [3.63, 3.8) is 0 Å². The van der Waals surface area contributed by atoms with E-state index in [2.05, 4.69) is 31.6 Å². The second-order valence-electron chi connectivity index (χ2n) is 3.88. The lowest BCUT2D eigenvalue weighted by atomic mass is 10.1. The molecule has 0 fully saturated rings. The fraction of sp³-hybridized carbons (Fsp3) is 0.600. The summed E-state index contributed by atoms with van der Waals surface area (Å²) < 4.78 is 0. The summed E-state index contributed by atoms with van der Waals surface area (Å²) >= 11 is 0. The molecule has 2 nitrogen and oxygen atoms in total. The molecule has 0 aromatic rings. The normalized spacial score (nSPS) is 13.9. The highest BCUT2D eigenvalue weighted by atomic mass is 15.4. The van der Waals surface area contributed by atoms with E-state index in [1.165, 1.54) is 0 Å². The molecule has 0 heterocycles. The molecule has 0 aliphatic carbocycles. The minimum Gasteiger partial charge on any atom is -0.325 e. The Kier molecular flexibility index (Phi) is 4.67. The second kappa shape index (κ2) is 4.99. The third-order valence-corrected chi connectivity index (χ3v) is 1.17. The van der Waals surface area contributed by atoms with Crippen LogP contribution in [0.25, 0.3) is 0 Å². The molecule has 2 heteroatoms. The summed E-state index contributed by atoms with van der Waals surface area (Å²) in [5.41, 5.74) is 7.51. The number of hydrazine groups is 1. The summed E-state index contributed by atoms with van der Waals surface area (Å²) in [5.74, 6) is 0. The monoisotopic (exact) mass is 168 g/mol. The van der Waals surface area contributed by atoms with E-state index >= 15 is 0 Å². The first-order chi connectivity index (χ1) is 5.45. The average Bonchev–Trinajstić information content (AvgIpc) is 1.95. The molecule has 0 spiro atoms. The Labute approximate surface area is 75.7 Å². The molecule has 0 saturated carbocycles. The van der Waals surface area contributed by atoms with Crippen LogP contribution in [0.2, 0.25) is 0 Å². The van der Waals surface area contributed by atoms with E-state index in [9.17, 15) is 0 Å². The van der Waals surface area contributed by atoms with Gasteiger partial charge in [0, 0.05) is 11.2 Å². The van der Waals surface area contributed by atoms with Gasteiger partial charge in [0.1, 0.15) is 0 Å². The highest BCUT2D eigenvalue weighted by Crippen LogP contribution is 1.96. The Balaban J connectivity index is 3.79. The minimum absolute atomic E-state index is 0.102. The molecule has 0 aromatic carbocycles. The maximum absolute atomic E-state index is 3.18. The SMILES string of the molecule is C/C=C\C=C(/C)NNC(C)(C)C. The van der Waals surface area contributed by atoms with Crippen molar-refractivity contribution in [1.29, 1.82) is 0 Å². The molecule has 0 amide bonds. The first-order valence-electron chi connectivity index (χ1n) is 4.28.